The summed E-state index contributed by atoms with van der Waals surface area (Å²) in [5.74, 6) is -1.41. The van der Waals surface area contributed by atoms with Crippen LogP contribution in [0.1, 0.15) is 19.3 Å². The van der Waals surface area contributed by atoms with Crippen LogP contribution in [0.3, 0.4) is 0 Å². The highest BCUT2D eigenvalue weighted by molar-refractivity contribution is 7.90. The summed E-state index contributed by atoms with van der Waals surface area (Å²) in [6.07, 6.45) is 2.55. The standard InChI is InChI=1S/C12H10N2O5S2/c1-19-12(16)10-5-4-9(20-10)11(15)14-21(17,18)8-3-2-6-13-7-8/h2-7H,1H3,(H,14,15). The molecule has 2 rings (SSSR count). The molecule has 0 saturated carbocycles. The molecule has 0 aromatic carbocycles. The van der Waals surface area contributed by atoms with Crippen molar-refractivity contribution in [1.29, 1.82) is 0 Å². The van der Waals surface area contributed by atoms with Gasteiger partial charge in [-0.2, -0.15) is 0 Å². The van der Waals surface area contributed by atoms with E-state index in [9.17, 15) is 18.0 Å². The third-order valence-electron chi connectivity index (χ3n) is 2.39. The normalized spacial score (nSPS) is 10.9. The minimum atomic E-state index is -4.00. The lowest BCUT2D eigenvalue weighted by Crippen LogP contribution is -2.30. The topological polar surface area (TPSA) is 102 Å². The molecule has 0 aliphatic heterocycles. The Bertz CT molecular complexity index is 768. The molecular weight excluding hydrogens is 316 g/mol. The van der Waals surface area contributed by atoms with Crippen molar-refractivity contribution in [1.82, 2.24) is 9.71 Å². The van der Waals surface area contributed by atoms with Crippen LogP contribution in [-0.2, 0) is 14.8 Å². The van der Waals surface area contributed by atoms with Gasteiger partial charge in [0.2, 0.25) is 0 Å². The molecule has 21 heavy (non-hydrogen) atoms. The van der Waals surface area contributed by atoms with Crippen LogP contribution in [0.2, 0.25) is 0 Å². The van der Waals surface area contributed by atoms with Crippen molar-refractivity contribution in [3.05, 3.63) is 46.4 Å². The number of nitrogens with one attached hydrogen (secondary N) is 1. The SMILES string of the molecule is COC(=O)c1ccc(C(=O)NS(=O)(=O)c2cccnc2)s1. The smallest absolute Gasteiger partial charge is 0.348 e. The number of esters is 1. The summed E-state index contributed by atoms with van der Waals surface area (Å²) in [5, 5.41) is 0. The second-order valence-electron chi connectivity index (χ2n) is 3.78. The van der Waals surface area contributed by atoms with E-state index in [4.69, 9.17) is 0 Å². The first kappa shape index (κ1) is 15.1. The first-order valence-corrected chi connectivity index (χ1v) is 7.89. The fourth-order valence-electron chi connectivity index (χ4n) is 1.41. The molecule has 1 amide bonds. The van der Waals surface area contributed by atoms with Crippen molar-refractivity contribution >= 4 is 33.2 Å². The maximum atomic E-state index is 12.0. The molecule has 2 heterocycles. The van der Waals surface area contributed by atoms with E-state index in [-0.39, 0.29) is 14.6 Å². The number of aromatic nitrogens is 1. The number of hydrogen-bond acceptors (Lipinski definition) is 7. The summed E-state index contributed by atoms with van der Waals surface area (Å²) < 4.78 is 30.3. The predicted molar refractivity (Wildman–Crippen MR) is 74.5 cm³/mol. The zero-order chi connectivity index (χ0) is 15.5. The minimum absolute atomic E-state index is 0.0860. The molecule has 0 fully saturated rings. The summed E-state index contributed by atoms with van der Waals surface area (Å²) in [6, 6.07) is 5.50. The van der Waals surface area contributed by atoms with Crippen molar-refractivity contribution in [3.8, 4) is 0 Å². The summed E-state index contributed by atoms with van der Waals surface area (Å²) >= 11 is 0.843. The van der Waals surface area contributed by atoms with Crippen LogP contribution in [0.25, 0.3) is 0 Å². The van der Waals surface area contributed by atoms with Gasteiger partial charge in [-0.1, -0.05) is 0 Å². The van der Waals surface area contributed by atoms with Crippen LogP contribution >= 0.6 is 11.3 Å². The van der Waals surface area contributed by atoms with Crippen LogP contribution in [0.15, 0.2) is 41.6 Å². The van der Waals surface area contributed by atoms with Crippen molar-refractivity contribution in [3.63, 3.8) is 0 Å². The fourth-order valence-corrected chi connectivity index (χ4v) is 3.22. The van der Waals surface area contributed by atoms with Crippen molar-refractivity contribution in [2.24, 2.45) is 0 Å². The third-order valence-corrected chi connectivity index (χ3v) is 4.77. The number of carbonyl (C=O) groups excluding carboxylic acids is 2. The number of carbonyl (C=O) groups is 2. The predicted octanol–water partition coefficient (Wildman–Crippen LogP) is 1.05. The van der Waals surface area contributed by atoms with Gasteiger partial charge in [0.05, 0.1) is 12.0 Å². The van der Waals surface area contributed by atoms with Gasteiger partial charge in [0.25, 0.3) is 15.9 Å². The molecule has 0 bridgehead atoms. The minimum Gasteiger partial charge on any atom is -0.465 e. The van der Waals surface area contributed by atoms with Crippen LogP contribution in [0.5, 0.6) is 0 Å². The number of nitrogens with zero attached hydrogens (tertiary/aromatic N) is 1. The molecule has 0 unspecified atom stereocenters. The lowest BCUT2D eigenvalue weighted by molar-refractivity contribution is 0.0606. The lowest BCUT2D eigenvalue weighted by Gasteiger charge is -2.04. The van der Waals surface area contributed by atoms with Crippen molar-refractivity contribution in [2.75, 3.05) is 7.11 Å². The Hall–Kier alpha value is -2.26. The maximum absolute atomic E-state index is 12.0. The van der Waals surface area contributed by atoms with Gasteiger partial charge in [-0.25, -0.2) is 17.9 Å². The average Bonchev–Trinajstić information content (AvgIpc) is 2.97. The fraction of sp³-hybridized carbons (Fsp3) is 0.0833. The molecule has 0 aliphatic carbocycles. The molecule has 9 heteroatoms. The quantitative estimate of drug-likeness (QED) is 0.843. The monoisotopic (exact) mass is 326 g/mol. The van der Waals surface area contributed by atoms with Crippen LogP contribution in [0, 0.1) is 0 Å². The zero-order valence-corrected chi connectivity index (χ0v) is 12.4. The number of methoxy groups -OCH3 is 1. The van der Waals surface area contributed by atoms with Crippen LogP contribution < -0.4 is 4.72 Å². The average molecular weight is 326 g/mol. The largest absolute Gasteiger partial charge is 0.465 e. The second-order valence-corrected chi connectivity index (χ2v) is 6.55. The van der Waals surface area contributed by atoms with E-state index < -0.39 is 21.9 Å². The van der Waals surface area contributed by atoms with Crippen molar-refractivity contribution < 1.29 is 22.7 Å². The summed E-state index contributed by atoms with van der Waals surface area (Å²) in [4.78, 5) is 27.0. The third kappa shape index (κ3) is 3.44. The molecule has 0 atom stereocenters. The number of rotatable bonds is 4. The molecule has 0 radical (unpaired) electrons. The van der Waals surface area contributed by atoms with Gasteiger partial charge in [0.15, 0.2) is 0 Å². The van der Waals surface area contributed by atoms with Crippen molar-refractivity contribution in [2.45, 2.75) is 4.90 Å². The number of thiophene rings is 1. The molecule has 0 spiro atoms. The second kappa shape index (κ2) is 6.02. The van der Waals surface area contributed by atoms with E-state index in [1.54, 1.807) is 0 Å². The summed E-state index contributed by atoms with van der Waals surface area (Å²) in [6.45, 7) is 0. The molecule has 7 nitrogen and oxygen atoms in total. The summed E-state index contributed by atoms with van der Waals surface area (Å²) in [7, 11) is -2.78. The van der Waals surface area contributed by atoms with E-state index in [1.165, 1.54) is 37.6 Å². The molecule has 0 aliphatic rings. The van der Waals surface area contributed by atoms with Crippen LogP contribution in [0.4, 0.5) is 0 Å². The highest BCUT2D eigenvalue weighted by Crippen LogP contribution is 2.18. The van der Waals surface area contributed by atoms with Gasteiger partial charge in [-0.3, -0.25) is 9.78 Å². The Morgan fingerprint density at radius 2 is 1.95 bits per heavy atom. The highest BCUT2D eigenvalue weighted by atomic mass is 32.2. The highest BCUT2D eigenvalue weighted by Gasteiger charge is 2.21. The van der Waals surface area contributed by atoms with Gasteiger partial charge in [0, 0.05) is 12.4 Å². The lowest BCUT2D eigenvalue weighted by atomic mass is 10.4. The maximum Gasteiger partial charge on any atom is 0.348 e. The van der Waals surface area contributed by atoms with Gasteiger partial charge >= 0.3 is 5.97 Å². The molecule has 1 N–H and O–H groups in total. The van der Waals surface area contributed by atoms with E-state index in [1.807, 2.05) is 4.72 Å². The Morgan fingerprint density at radius 3 is 2.57 bits per heavy atom. The van der Waals surface area contributed by atoms with E-state index in [0.29, 0.717) is 0 Å². The Morgan fingerprint density at radius 1 is 1.24 bits per heavy atom. The van der Waals surface area contributed by atoms with Crippen LogP contribution in [-0.4, -0.2) is 32.4 Å². The number of pyridine rings is 1. The number of hydrogen-bond donors (Lipinski definition) is 1. The Kier molecular flexibility index (Phi) is 4.34. The molecule has 2 aromatic heterocycles. The van der Waals surface area contributed by atoms with E-state index >= 15 is 0 Å². The number of ether oxygens (including phenoxy) is 1. The zero-order valence-electron chi connectivity index (χ0n) is 10.8. The van der Waals surface area contributed by atoms with Gasteiger partial charge < -0.3 is 4.74 Å². The first-order valence-electron chi connectivity index (χ1n) is 5.59. The van der Waals surface area contributed by atoms with E-state index in [0.717, 1.165) is 17.5 Å². The van der Waals surface area contributed by atoms with Gasteiger partial charge in [0.1, 0.15) is 9.77 Å². The molecule has 0 saturated heterocycles. The Labute approximate surface area is 124 Å². The van der Waals surface area contributed by atoms with Gasteiger partial charge in [-0.05, 0) is 24.3 Å². The molecule has 2 aromatic rings. The number of sulfonamides is 1. The number of amides is 1. The first-order chi connectivity index (χ1) is 9.94. The summed E-state index contributed by atoms with van der Waals surface area (Å²) in [5.41, 5.74) is 0. The Balaban J connectivity index is 2.18. The molecule has 110 valence electrons. The van der Waals surface area contributed by atoms with E-state index in [2.05, 4.69) is 9.72 Å². The molecular formula is C12H10N2O5S2. The van der Waals surface area contributed by atoms with Gasteiger partial charge in [-0.15, -0.1) is 11.3 Å².